The topological polar surface area (TPSA) is 107 Å². The summed E-state index contributed by atoms with van der Waals surface area (Å²) in [5.74, 6) is 0.677. The van der Waals surface area contributed by atoms with Gasteiger partial charge in [-0.2, -0.15) is 0 Å². The van der Waals surface area contributed by atoms with Crippen molar-refractivity contribution in [3.8, 4) is 0 Å². The van der Waals surface area contributed by atoms with Crippen molar-refractivity contribution in [3.05, 3.63) is 52.4 Å². The third-order valence-corrected chi connectivity index (χ3v) is 4.40. The molecule has 152 valence electrons. The maximum atomic E-state index is 12.0. The smallest absolute Gasteiger partial charge is 0.321 e. The van der Waals surface area contributed by atoms with Crippen molar-refractivity contribution < 1.29 is 4.79 Å². The fraction of sp³-hybridized carbons (Fsp3) is 0.300. The number of rotatable bonds is 5. The molecule has 4 N–H and O–H groups in total. The molecule has 0 radical (unpaired) electrons. The van der Waals surface area contributed by atoms with E-state index in [1.807, 2.05) is 51.2 Å². The van der Waals surface area contributed by atoms with E-state index >= 15 is 0 Å². The summed E-state index contributed by atoms with van der Waals surface area (Å²) in [5, 5.41) is 10.2. The summed E-state index contributed by atoms with van der Waals surface area (Å²) in [4.78, 5) is 28.4. The van der Waals surface area contributed by atoms with E-state index in [1.165, 1.54) is 0 Å². The van der Waals surface area contributed by atoms with Gasteiger partial charge in [0.15, 0.2) is 0 Å². The van der Waals surface area contributed by atoms with Gasteiger partial charge >= 0.3 is 6.03 Å². The normalized spacial score (nSPS) is 11.5. The number of nitrogens with one attached hydrogen (secondary N) is 4. The van der Waals surface area contributed by atoms with Gasteiger partial charge < -0.3 is 10.3 Å². The fourth-order valence-corrected chi connectivity index (χ4v) is 3.13. The summed E-state index contributed by atoms with van der Waals surface area (Å²) >= 11 is 6.12. The zero-order valence-corrected chi connectivity index (χ0v) is 17.4. The quantitative estimate of drug-likeness (QED) is 0.379. The highest BCUT2D eigenvalue weighted by Gasteiger charge is 2.09. The molecule has 0 saturated carbocycles. The standard InChI is InChI=1S/C20H24ClN7O/c1-4-22-20(29)28-18(27-19-25-12(2)9-13(3)26-19)23-8-7-14-11-24-17-6-5-15(21)10-16(14)17/h5-6,9-11,24H,4,7-8H2,1-3H3,(H3,22,23,25,26,27,28,29). The molecule has 0 aliphatic heterocycles. The Kier molecular flexibility index (Phi) is 6.66. The highest BCUT2D eigenvalue weighted by Crippen LogP contribution is 2.22. The number of aromatic nitrogens is 3. The number of carbonyl (C=O) groups excluding carboxylic acids is 1. The fourth-order valence-electron chi connectivity index (χ4n) is 2.96. The van der Waals surface area contributed by atoms with Crippen molar-refractivity contribution in [2.75, 3.05) is 18.4 Å². The van der Waals surface area contributed by atoms with Gasteiger partial charge in [0.2, 0.25) is 11.9 Å². The molecule has 0 spiro atoms. The zero-order valence-electron chi connectivity index (χ0n) is 16.6. The number of carbonyl (C=O) groups is 1. The number of anilines is 1. The van der Waals surface area contributed by atoms with Crippen LogP contribution in [0, 0.1) is 13.8 Å². The molecule has 2 heterocycles. The predicted molar refractivity (Wildman–Crippen MR) is 117 cm³/mol. The Morgan fingerprint density at radius 1 is 1.21 bits per heavy atom. The molecule has 0 saturated heterocycles. The third kappa shape index (κ3) is 5.68. The second-order valence-electron chi connectivity index (χ2n) is 6.57. The minimum Gasteiger partial charge on any atom is -0.361 e. The molecule has 0 bridgehead atoms. The molecule has 8 nitrogen and oxygen atoms in total. The Hall–Kier alpha value is -3.13. The maximum Gasteiger partial charge on any atom is 0.321 e. The first-order valence-corrected chi connectivity index (χ1v) is 9.76. The van der Waals surface area contributed by atoms with Crippen LogP contribution in [-0.4, -0.2) is 40.0 Å². The Labute approximate surface area is 174 Å². The minimum atomic E-state index is -0.345. The lowest BCUT2D eigenvalue weighted by molar-refractivity contribution is 0.246. The Balaban J connectivity index is 1.76. The van der Waals surface area contributed by atoms with Crippen LogP contribution >= 0.6 is 11.6 Å². The van der Waals surface area contributed by atoms with E-state index in [1.54, 1.807) is 0 Å². The molecule has 3 aromatic rings. The van der Waals surface area contributed by atoms with Crippen molar-refractivity contribution >= 4 is 40.4 Å². The molecule has 0 aliphatic carbocycles. The lowest BCUT2D eigenvalue weighted by Crippen LogP contribution is -2.43. The number of nitrogens with zero attached hydrogens (tertiary/aromatic N) is 3. The molecular formula is C20H24ClN7O. The van der Waals surface area contributed by atoms with Crippen LogP contribution in [0.25, 0.3) is 10.9 Å². The van der Waals surface area contributed by atoms with Gasteiger partial charge in [-0.3, -0.25) is 15.6 Å². The van der Waals surface area contributed by atoms with Crippen LogP contribution in [0.1, 0.15) is 23.9 Å². The van der Waals surface area contributed by atoms with Gasteiger partial charge in [-0.1, -0.05) is 11.6 Å². The summed E-state index contributed by atoms with van der Waals surface area (Å²) in [5.41, 5.74) is 3.78. The van der Waals surface area contributed by atoms with Gasteiger partial charge in [0.05, 0.1) is 0 Å². The van der Waals surface area contributed by atoms with Crippen LogP contribution in [0.5, 0.6) is 0 Å². The van der Waals surface area contributed by atoms with E-state index in [0.29, 0.717) is 36.4 Å². The highest BCUT2D eigenvalue weighted by molar-refractivity contribution is 6.31. The number of hydrogen-bond acceptors (Lipinski definition) is 4. The molecule has 0 unspecified atom stereocenters. The number of aliphatic imine (C=N–C) groups is 1. The second kappa shape index (κ2) is 9.38. The monoisotopic (exact) mass is 413 g/mol. The van der Waals surface area contributed by atoms with Gasteiger partial charge in [-0.15, -0.1) is 0 Å². The van der Waals surface area contributed by atoms with Gasteiger partial charge in [0, 0.05) is 46.6 Å². The van der Waals surface area contributed by atoms with E-state index in [2.05, 4.69) is 35.9 Å². The van der Waals surface area contributed by atoms with E-state index in [4.69, 9.17) is 11.6 Å². The van der Waals surface area contributed by atoms with Gasteiger partial charge in [-0.05, 0) is 57.0 Å². The first-order valence-electron chi connectivity index (χ1n) is 9.38. The second-order valence-corrected chi connectivity index (χ2v) is 7.00. The van der Waals surface area contributed by atoms with Crippen molar-refractivity contribution in [1.29, 1.82) is 0 Å². The van der Waals surface area contributed by atoms with Crippen molar-refractivity contribution in [1.82, 2.24) is 25.6 Å². The number of amides is 2. The molecule has 0 fully saturated rings. The van der Waals surface area contributed by atoms with E-state index < -0.39 is 0 Å². The summed E-state index contributed by atoms with van der Waals surface area (Å²) in [6.45, 7) is 6.58. The first kappa shape index (κ1) is 20.6. The third-order valence-electron chi connectivity index (χ3n) is 4.16. The van der Waals surface area contributed by atoms with Gasteiger partial charge in [-0.25, -0.2) is 14.8 Å². The summed E-state index contributed by atoms with van der Waals surface area (Å²) < 4.78 is 0. The average Bonchev–Trinajstić information content (AvgIpc) is 3.03. The van der Waals surface area contributed by atoms with Gasteiger partial charge in [0.1, 0.15) is 0 Å². The van der Waals surface area contributed by atoms with Crippen LogP contribution in [0.2, 0.25) is 5.02 Å². The molecule has 9 heteroatoms. The van der Waals surface area contributed by atoms with E-state index in [0.717, 1.165) is 27.9 Å². The average molecular weight is 414 g/mol. The number of benzene rings is 1. The van der Waals surface area contributed by atoms with Crippen LogP contribution in [0.3, 0.4) is 0 Å². The van der Waals surface area contributed by atoms with E-state index in [9.17, 15) is 4.79 Å². The summed E-state index contributed by atoms with van der Waals surface area (Å²) in [6.07, 6.45) is 2.63. The lowest BCUT2D eigenvalue weighted by atomic mass is 10.1. The van der Waals surface area contributed by atoms with E-state index in [-0.39, 0.29) is 6.03 Å². The Morgan fingerprint density at radius 3 is 2.69 bits per heavy atom. The molecule has 0 atom stereocenters. The van der Waals surface area contributed by atoms with Crippen LogP contribution < -0.4 is 16.0 Å². The number of hydrogen-bond donors (Lipinski definition) is 4. The molecular weight excluding hydrogens is 390 g/mol. The largest absolute Gasteiger partial charge is 0.361 e. The number of guanidine groups is 1. The number of H-pyrrole nitrogens is 1. The zero-order chi connectivity index (χ0) is 20.8. The van der Waals surface area contributed by atoms with Crippen LogP contribution in [0.4, 0.5) is 10.7 Å². The number of aromatic amines is 1. The SMILES string of the molecule is CCNC(=O)NC(=NCCc1c[nH]c2ccc(Cl)cc12)Nc1nc(C)cc(C)n1. The number of fused-ring (bicyclic) bond motifs is 1. The first-order chi connectivity index (χ1) is 13.9. The maximum absolute atomic E-state index is 12.0. The minimum absolute atomic E-state index is 0.291. The molecule has 3 rings (SSSR count). The van der Waals surface area contributed by atoms with Crippen molar-refractivity contribution in [2.24, 2.45) is 4.99 Å². The number of urea groups is 1. The molecule has 29 heavy (non-hydrogen) atoms. The Morgan fingerprint density at radius 2 is 1.97 bits per heavy atom. The number of aryl methyl sites for hydroxylation is 2. The lowest BCUT2D eigenvalue weighted by Gasteiger charge is -2.11. The molecule has 0 aliphatic rings. The number of halogens is 1. The molecule has 2 amide bonds. The van der Waals surface area contributed by atoms with Crippen molar-refractivity contribution in [3.63, 3.8) is 0 Å². The van der Waals surface area contributed by atoms with Crippen LogP contribution in [0.15, 0.2) is 35.5 Å². The Bertz CT molecular complexity index is 1020. The van der Waals surface area contributed by atoms with Crippen molar-refractivity contribution in [2.45, 2.75) is 27.2 Å². The molecule has 1 aromatic carbocycles. The van der Waals surface area contributed by atoms with Crippen LogP contribution in [-0.2, 0) is 6.42 Å². The summed E-state index contributed by atoms with van der Waals surface area (Å²) in [6, 6.07) is 7.26. The predicted octanol–water partition coefficient (Wildman–Crippen LogP) is 3.56. The van der Waals surface area contributed by atoms with Gasteiger partial charge in [0.25, 0.3) is 0 Å². The molecule has 2 aromatic heterocycles. The summed E-state index contributed by atoms with van der Waals surface area (Å²) in [7, 11) is 0. The highest BCUT2D eigenvalue weighted by atomic mass is 35.5.